The van der Waals surface area contributed by atoms with E-state index in [2.05, 4.69) is 67.3 Å². The minimum Gasteiger partial charge on any atom is -0.294 e. The van der Waals surface area contributed by atoms with Gasteiger partial charge in [0.2, 0.25) is 0 Å². The van der Waals surface area contributed by atoms with Crippen molar-refractivity contribution in [2.45, 2.75) is 45.6 Å². The first-order valence-electron chi connectivity index (χ1n) is 13.0. The lowest BCUT2D eigenvalue weighted by molar-refractivity contribution is -0.134. The summed E-state index contributed by atoms with van der Waals surface area (Å²) >= 11 is 6.60. The van der Waals surface area contributed by atoms with E-state index in [1.165, 1.54) is 16.7 Å². The SMILES string of the molecule is Cc1ccc(C)c(C2=NN(C(=O)CN3CCC(Cc4ccccc4)CC3)[C@H](c3ccccc3Cl)C2)c1. The number of benzene rings is 3. The first-order chi connectivity index (χ1) is 17.5. The third kappa shape index (κ3) is 5.55. The Balaban J connectivity index is 1.30. The Hall–Kier alpha value is -2.95. The van der Waals surface area contributed by atoms with Crippen LogP contribution in [0.15, 0.2) is 77.9 Å². The van der Waals surface area contributed by atoms with Crippen LogP contribution < -0.4 is 0 Å². The summed E-state index contributed by atoms with van der Waals surface area (Å²) in [4.78, 5) is 15.9. The number of rotatable bonds is 6. The van der Waals surface area contributed by atoms with Gasteiger partial charge >= 0.3 is 0 Å². The van der Waals surface area contributed by atoms with Gasteiger partial charge in [0, 0.05) is 17.0 Å². The van der Waals surface area contributed by atoms with Crippen LogP contribution in [0.1, 0.15) is 53.1 Å². The molecule has 36 heavy (non-hydrogen) atoms. The molecule has 0 N–H and O–H groups in total. The molecule has 2 heterocycles. The summed E-state index contributed by atoms with van der Waals surface area (Å²) in [6.45, 7) is 6.48. The van der Waals surface area contributed by atoms with Crippen LogP contribution in [0.4, 0.5) is 0 Å². The van der Waals surface area contributed by atoms with Crippen LogP contribution in [-0.2, 0) is 11.2 Å². The second kappa shape index (κ2) is 11.0. The van der Waals surface area contributed by atoms with Gasteiger partial charge in [0.15, 0.2) is 0 Å². The molecule has 4 nitrogen and oxygen atoms in total. The quantitative estimate of drug-likeness (QED) is 0.383. The molecule has 0 radical (unpaired) electrons. The van der Waals surface area contributed by atoms with E-state index in [0.717, 1.165) is 49.2 Å². The van der Waals surface area contributed by atoms with E-state index in [1.807, 2.05) is 24.3 Å². The van der Waals surface area contributed by atoms with Gasteiger partial charge in [-0.1, -0.05) is 77.8 Å². The molecular weight excluding hydrogens is 466 g/mol. The molecule has 0 aromatic heterocycles. The fraction of sp³-hybridized carbons (Fsp3) is 0.355. The van der Waals surface area contributed by atoms with Gasteiger partial charge in [0.1, 0.15) is 0 Å². The van der Waals surface area contributed by atoms with Crippen molar-refractivity contribution in [2.75, 3.05) is 19.6 Å². The molecule has 1 atom stereocenters. The van der Waals surface area contributed by atoms with E-state index >= 15 is 0 Å². The molecule has 3 aromatic carbocycles. The highest BCUT2D eigenvalue weighted by Crippen LogP contribution is 2.37. The van der Waals surface area contributed by atoms with Gasteiger partial charge < -0.3 is 0 Å². The van der Waals surface area contributed by atoms with Gasteiger partial charge in [0.25, 0.3) is 5.91 Å². The fourth-order valence-corrected chi connectivity index (χ4v) is 5.76. The number of likely N-dealkylation sites (tertiary alicyclic amines) is 1. The Bertz CT molecular complexity index is 1250. The normalized spacial score (nSPS) is 18.9. The maximum absolute atomic E-state index is 13.6. The number of aryl methyl sites for hydroxylation is 2. The molecule has 3 aromatic rings. The van der Waals surface area contributed by atoms with Crippen LogP contribution >= 0.6 is 11.6 Å². The summed E-state index contributed by atoms with van der Waals surface area (Å²) in [5.74, 6) is 0.720. The lowest BCUT2D eigenvalue weighted by Crippen LogP contribution is -2.42. The molecule has 2 aliphatic heterocycles. The van der Waals surface area contributed by atoms with Gasteiger partial charge in [-0.05, 0) is 80.9 Å². The molecule has 0 spiro atoms. The Morgan fingerprint density at radius 2 is 1.69 bits per heavy atom. The number of carbonyl (C=O) groups is 1. The lowest BCUT2D eigenvalue weighted by Gasteiger charge is -2.33. The van der Waals surface area contributed by atoms with E-state index in [4.69, 9.17) is 16.7 Å². The maximum atomic E-state index is 13.6. The molecule has 0 saturated carbocycles. The van der Waals surface area contributed by atoms with Crippen molar-refractivity contribution >= 4 is 23.2 Å². The summed E-state index contributed by atoms with van der Waals surface area (Å²) in [7, 11) is 0. The predicted molar refractivity (Wildman–Crippen MR) is 147 cm³/mol. The van der Waals surface area contributed by atoms with Gasteiger partial charge in [-0.3, -0.25) is 9.69 Å². The predicted octanol–water partition coefficient (Wildman–Crippen LogP) is 6.59. The summed E-state index contributed by atoms with van der Waals surface area (Å²) in [5, 5.41) is 7.29. The maximum Gasteiger partial charge on any atom is 0.257 e. The van der Waals surface area contributed by atoms with Gasteiger partial charge in [0.05, 0.1) is 18.3 Å². The number of nitrogens with zero attached hydrogens (tertiary/aromatic N) is 3. The molecule has 1 saturated heterocycles. The van der Waals surface area contributed by atoms with E-state index in [9.17, 15) is 4.79 Å². The monoisotopic (exact) mass is 499 g/mol. The van der Waals surface area contributed by atoms with Crippen LogP contribution in [0.2, 0.25) is 5.02 Å². The minimum absolute atomic E-state index is 0.0433. The lowest BCUT2D eigenvalue weighted by atomic mass is 9.90. The number of amides is 1. The van der Waals surface area contributed by atoms with Crippen molar-refractivity contribution in [3.8, 4) is 0 Å². The Labute approximate surface area is 219 Å². The number of piperidine rings is 1. The van der Waals surface area contributed by atoms with Crippen LogP contribution in [0.5, 0.6) is 0 Å². The number of carbonyl (C=O) groups excluding carboxylic acids is 1. The zero-order chi connectivity index (χ0) is 25.1. The number of halogens is 1. The zero-order valence-electron chi connectivity index (χ0n) is 21.2. The molecule has 5 heteroatoms. The summed E-state index contributed by atoms with van der Waals surface area (Å²) < 4.78 is 0. The standard InChI is InChI=1S/C31H34ClN3O/c1-22-12-13-23(2)27(18-22)29-20-30(26-10-6-7-11-28(26)32)35(33-29)31(36)21-34-16-14-25(15-17-34)19-24-8-4-3-5-9-24/h3-13,18,25,30H,14-17,19-21H2,1-2H3/t30-/m0/s1. The molecular formula is C31H34ClN3O. The number of hydrazone groups is 1. The minimum atomic E-state index is -0.184. The highest BCUT2D eigenvalue weighted by Gasteiger charge is 2.35. The summed E-state index contributed by atoms with van der Waals surface area (Å²) in [6, 6.07) is 24.8. The Kier molecular flexibility index (Phi) is 7.54. The molecule has 0 bridgehead atoms. The van der Waals surface area contributed by atoms with Crippen LogP contribution in [0.3, 0.4) is 0 Å². The first-order valence-corrected chi connectivity index (χ1v) is 13.3. The highest BCUT2D eigenvalue weighted by atomic mass is 35.5. The summed E-state index contributed by atoms with van der Waals surface area (Å²) in [6.07, 6.45) is 4.02. The molecule has 0 unspecified atom stereocenters. The molecule has 186 valence electrons. The van der Waals surface area contributed by atoms with Gasteiger partial charge in [-0.15, -0.1) is 0 Å². The van der Waals surface area contributed by atoms with Gasteiger partial charge in [-0.2, -0.15) is 5.10 Å². The van der Waals surface area contributed by atoms with Crippen molar-refractivity contribution < 1.29 is 4.79 Å². The topological polar surface area (TPSA) is 35.9 Å². The number of hydrogen-bond donors (Lipinski definition) is 0. The average Bonchev–Trinajstić information content (AvgIpc) is 3.33. The average molecular weight is 500 g/mol. The number of hydrogen-bond acceptors (Lipinski definition) is 3. The van der Waals surface area contributed by atoms with Crippen molar-refractivity contribution in [3.63, 3.8) is 0 Å². The third-order valence-electron chi connectivity index (χ3n) is 7.57. The first kappa shape index (κ1) is 24.7. The Morgan fingerprint density at radius 3 is 2.44 bits per heavy atom. The second-order valence-electron chi connectivity index (χ2n) is 10.3. The van der Waals surface area contributed by atoms with Crippen molar-refractivity contribution in [2.24, 2.45) is 11.0 Å². The van der Waals surface area contributed by atoms with Crippen LogP contribution in [0.25, 0.3) is 0 Å². The largest absolute Gasteiger partial charge is 0.294 e. The molecule has 1 fully saturated rings. The highest BCUT2D eigenvalue weighted by molar-refractivity contribution is 6.31. The second-order valence-corrected chi connectivity index (χ2v) is 10.7. The smallest absolute Gasteiger partial charge is 0.257 e. The summed E-state index contributed by atoms with van der Waals surface area (Å²) in [5.41, 5.74) is 6.79. The molecule has 2 aliphatic rings. The molecule has 0 aliphatic carbocycles. The van der Waals surface area contributed by atoms with E-state index in [1.54, 1.807) is 5.01 Å². The van der Waals surface area contributed by atoms with Crippen molar-refractivity contribution in [1.29, 1.82) is 0 Å². The molecule has 1 amide bonds. The Morgan fingerprint density at radius 1 is 0.972 bits per heavy atom. The van der Waals surface area contributed by atoms with E-state index in [0.29, 0.717) is 23.9 Å². The molecule has 5 rings (SSSR count). The van der Waals surface area contributed by atoms with E-state index < -0.39 is 0 Å². The van der Waals surface area contributed by atoms with Crippen LogP contribution in [0, 0.1) is 19.8 Å². The van der Waals surface area contributed by atoms with Gasteiger partial charge in [-0.25, -0.2) is 5.01 Å². The van der Waals surface area contributed by atoms with Crippen molar-refractivity contribution in [3.05, 3.63) is 106 Å². The van der Waals surface area contributed by atoms with Crippen LogP contribution in [-0.4, -0.2) is 41.2 Å². The fourth-order valence-electron chi connectivity index (χ4n) is 5.50. The van der Waals surface area contributed by atoms with E-state index in [-0.39, 0.29) is 11.9 Å². The van der Waals surface area contributed by atoms with Crippen molar-refractivity contribution in [1.82, 2.24) is 9.91 Å². The third-order valence-corrected chi connectivity index (χ3v) is 7.91. The zero-order valence-corrected chi connectivity index (χ0v) is 21.9.